The first-order valence-electron chi connectivity index (χ1n) is 12.2. The second-order valence-electron chi connectivity index (χ2n) is 8.53. The third kappa shape index (κ3) is 5.92. The molecule has 2 aromatic heterocycles. The molecule has 0 radical (unpaired) electrons. The minimum Gasteiger partial charge on any atom is -0.494 e. The van der Waals surface area contributed by atoms with Crippen LogP contribution < -0.4 is 15.4 Å². The number of hydrogen-bond donors (Lipinski definition) is 2. The lowest BCUT2D eigenvalue weighted by molar-refractivity contribution is 0.101. The Morgan fingerprint density at radius 3 is 2.66 bits per heavy atom. The van der Waals surface area contributed by atoms with E-state index in [9.17, 15) is 14.9 Å². The summed E-state index contributed by atoms with van der Waals surface area (Å²) in [7, 11) is 1.51. The van der Waals surface area contributed by atoms with E-state index in [1.807, 2.05) is 48.7 Å². The van der Waals surface area contributed by atoms with Crippen LogP contribution in [0.5, 0.6) is 5.75 Å². The molecule has 0 aliphatic rings. The van der Waals surface area contributed by atoms with E-state index in [0.717, 1.165) is 11.3 Å². The second-order valence-corrected chi connectivity index (χ2v) is 8.53. The van der Waals surface area contributed by atoms with E-state index in [0.29, 0.717) is 60.0 Å². The van der Waals surface area contributed by atoms with Crippen molar-refractivity contribution in [1.82, 2.24) is 24.6 Å². The molecule has 0 fully saturated rings. The Morgan fingerprint density at radius 1 is 1.16 bits per heavy atom. The van der Waals surface area contributed by atoms with E-state index in [-0.39, 0.29) is 12.5 Å². The van der Waals surface area contributed by atoms with Crippen LogP contribution in [0.4, 0.5) is 10.7 Å². The molecule has 2 heterocycles. The molecule has 2 aromatic carbocycles. The maximum atomic E-state index is 13.1. The minimum absolute atomic E-state index is 0.182. The topological polar surface area (TPSA) is 136 Å². The van der Waals surface area contributed by atoms with Crippen molar-refractivity contribution < 1.29 is 19.1 Å². The Hall–Kier alpha value is -4.85. The molecular formula is C27H29N7O4. The highest BCUT2D eigenvalue weighted by Gasteiger charge is 2.20. The van der Waals surface area contributed by atoms with Gasteiger partial charge in [-0.15, -0.1) is 0 Å². The van der Waals surface area contributed by atoms with E-state index >= 15 is 0 Å². The van der Waals surface area contributed by atoms with Gasteiger partial charge in [0.25, 0.3) is 5.91 Å². The Balaban J connectivity index is 1.51. The van der Waals surface area contributed by atoms with Crippen molar-refractivity contribution in [3.63, 3.8) is 0 Å². The number of amides is 2. The highest BCUT2D eigenvalue weighted by Crippen LogP contribution is 2.31. The summed E-state index contributed by atoms with van der Waals surface area (Å²) >= 11 is 0. The standard InChI is InChI=1S/C27H29N7O4/c1-4-34-22(13-18(2)32-34)25(35)31-26-30-21-14-20(16-28)15-23(37-3)24(21)33(26)12-8-11-29-27(36)38-17-19-9-6-5-7-10-19/h5-7,9-10,13-15H,4,8,11-12,17H2,1-3H3,(H,29,36)(H,30,31,35). The molecule has 0 aliphatic heterocycles. The van der Waals surface area contributed by atoms with Crippen molar-refractivity contribution in [2.45, 2.75) is 40.0 Å². The monoisotopic (exact) mass is 515 g/mol. The fraction of sp³-hybridized carbons (Fsp3) is 0.296. The average Bonchev–Trinajstić information content (AvgIpc) is 3.49. The Kier molecular flexibility index (Phi) is 8.23. The summed E-state index contributed by atoms with van der Waals surface area (Å²) in [5.41, 5.74) is 3.57. The summed E-state index contributed by atoms with van der Waals surface area (Å²) in [6, 6.07) is 16.5. The number of carbonyl (C=O) groups is 2. The van der Waals surface area contributed by atoms with E-state index in [1.165, 1.54) is 7.11 Å². The Bertz CT molecular complexity index is 1480. The van der Waals surface area contributed by atoms with Gasteiger partial charge in [0, 0.05) is 25.7 Å². The van der Waals surface area contributed by atoms with Crippen LogP contribution >= 0.6 is 0 Å². The van der Waals surface area contributed by atoms with Gasteiger partial charge in [-0.3, -0.25) is 14.8 Å². The molecular weight excluding hydrogens is 486 g/mol. The first-order chi connectivity index (χ1) is 18.4. The number of ether oxygens (including phenoxy) is 2. The van der Waals surface area contributed by atoms with Crippen LogP contribution in [0.25, 0.3) is 11.0 Å². The molecule has 2 amide bonds. The van der Waals surface area contributed by atoms with E-state index in [2.05, 4.69) is 26.8 Å². The number of aromatic nitrogens is 4. The fourth-order valence-electron chi connectivity index (χ4n) is 4.10. The van der Waals surface area contributed by atoms with Crippen LogP contribution in [0, 0.1) is 18.3 Å². The largest absolute Gasteiger partial charge is 0.494 e. The van der Waals surface area contributed by atoms with Crippen LogP contribution in [0.15, 0.2) is 48.5 Å². The number of nitrogens with zero attached hydrogens (tertiary/aromatic N) is 5. The van der Waals surface area contributed by atoms with Crippen LogP contribution in [0.2, 0.25) is 0 Å². The maximum Gasteiger partial charge on any atom is 0.407 e. The number of fused-ring (bicyclic) bond motifs is 1. The molecule has 11 heteroatoms. The molecule has 4 rings (SSSR count). The minimum atomic E-state index is -0.516. The quantitative estimate of drug-likeness (QED) is 0.305. The summed E-state index contributed by atoms with van der Waals surface area (Å²) in [6.07, 6.45) is 0.00140. The highest BCUT2D eigenvalue weighted by atomic mass is 16.5. The van der Waals surface area contributed by atoms with Crippen molar-refractivity contribution in [2.24, 2.45) is 0 Å². The molecule has 0 saturated heterocycles. The predicted octanol–water partition coefficient (Wildman–Crippen LogP) is 4.01. The number of imidazole rings is 1. The SMILES string of the molecule is CCn1nc(C)cc1C(=O)Nc1nc2cc(C#N)cc(OC)c2n1CCCNC(=O)OCc1ccccc1. The van der Waals surface area contributed by atoms with Crippen LogP contribution in [0.3, 0.4) is 0 Å². The average molecular weight is 516 g/mol. The van der Waals surface area contributed by atoms with Gasteiger partial charge in [0.2, 0.25) is 5.95 Å². The number of benzene rings is 2. The van der Waals surface area contributed by atoms with Crippen molar-refractivity contribution in [2.75, 3.05) is 19.0 Å². The molecule has 196 valence electrons. The normalized spacial score (nSPS) is 10.7. The smallest absolute Gasteiger partial charge is 0.407 e. The molecule has 0 spiro atoms. The zero-order valence-corrected chi connectivity index (χ0v) is 21.5. The highest BCUT2D eigenvalue weighted by molar-refractivity contribution is 6.03. The third-order valence-corrected chi connectivity index (χ3v) is 5.86. The van der Waals surface area contributed by atoms with Gasteiger partial charge in [0.15, 0.2) is 0 Å². The van der Waals surface area contributed by atoms with E-state index in [4.69, 9.17) is 9.47 Å². The molecule has 0 aliphatic carbocycles. The van der Waals surface area contributed by atoms with Crippen molar-refractivity contribution >= 4 is 29.0 Å². The third-order valence-electron chi connectivity index (χ3n) is 5.86. The summed E-state index contributed by atoms with van der Waals surface area (Å²) in [5.74, 6) is 0.398. The first-order valence-corrected chi connectivity index (χ1v) is 12.2. The van der Waals surface area contributed by atoms with Crippen molar-refractivity contribution in [3.8, 4) is 11.8 Å². The number of hydrogen-bond acceptors (Lipinski definition) is 7. The molecule has 11 nitrogen and oxygen atoms in total. The van der Waals surface area contributed by atoms with Crippen LogP contribution in [-0.2, 0) is 24.4 Å². The summed E-state index contributed by atoms with van der Waals surface area (Å²) in [6.45, 7) is 5.19. The molecule has 0 saturated carbocycles. The molecule has 4 aromatic rings. The maximum absolute atomic E-state index is 13.1. The predicted molar refractivity (Wildman–Crippen MR) is 141 cm³/mol. The van der Waals surface area contributed by atoms with Crippen molar-refractivity contribution in [1.29, 1.82) is 5.26 Å². The number of aryl methyl sites for hydroxylation is 3. The lowest BCUT2D eigenvalue weighted by atomic mass is 10.2. The van der Waals surface area contributed by atoms with Gasteiger partial charge in [0.1, 0.15) is 23.6 Å². The number of nitrogens with one attached hydrogen (secondary N) is 2. The van der Waals surface area contributed by atoms with Crippen molar-refractivity contribution in [3.05, 3.63) is 71.0 Å². The Morgan fingerprint density at radius 2 is 1.95 bits per heavy atom. The van der Waals surface area contributed by atoms with Gasteiger partial charge in [0.05, 0.1) is 30.0 Å². The fourth-order valence-corrected chi connectivity index (χ4v) is 4.10. The molecule has 0 bridgehead atoms. The molecule has 2 N–H and O–H groups in total. The zero-order chi connectivity index (χ0) is 27.1. The van der Waals surface area contributed by atoms with Gasteiger partial charge in [-0.05, 0) is 38.0 Å². The van der Waals surface area contributed by atoms with Gasteiger partial charge in [-0.1, -0.05) is 30.3 Å². The number of nitriles is 1. The van der Waals surface area contributed by atoms with Gasteiger partial charge < -0.3 is 19.4 Å². The second kappa shape index (κ2) is 11.9. The van der Waals surface area contributed by atoms with Crippen LogP contribution in [0.1, 0.15) is 40.7 Å². The van der Waals surface area contributed by atoms with Gasteiger partial charge in [-0.25, -0.2) is 9.78 Å². The Labute approximate surface area is 220 Å². The lowest BCUT2D eigenvalue weighted by Crippen LogP contribution is -2.26. The van der Waals surface area contributed by atoms with Gasteiger partial charge in [-0.2, -0.15) is 10.4 Å². The molecule has 0 atom stereocenters. The van der Waals surface area contributed by atoms with Gasteiger partial charge >= 0.3 is 6.09 Å². The first kappa shape index (κ1) is 26.2. The number of anilines is 1. The lowest BCUT2D eigenvalue weighted by Gasteiger charge is -2.13. The summed E-state index contributed by atoms with van der Waals surface area (Å²) in [4.78, 5) is 29.9. The summed E-state index contributed by atoms with van der Waals surface area (Å²) < 4.78 is 14.2. The molecule has 38 heavy (non-hydrogen) atoms. The van der Waals surface area contributed by atoms with E-state index in [1.54, 1.807) is 22.9 Å². The number of alkyl carbamates (subject to hydrolysis) is 1. The number of methoxy groups -OCH3 is 1. The van der Waals surface area contributed by atoms with Crippen LogP contribution in [-0.4, -0.2) is 45.0 Å². The molecule has 0 unspecified atom stereocenters. The number of carbonyl (C=O) groups excluding carboxylic acids is 2. The van der Waals surface area contributed by atoms with E-state index < -0.39 is 6.09 Å². The number of rotatable bonds is 10. The zero-order valence-electron chi connectivity index (χ0n) is 21.5. The summed E-state index contributed by atoms with van der Waals surface area (Å²) in [5, 5.41) is 19.4.